The third kappa shape index (κ3) is 3.16. The first kappa shape index (κ1) is 10.2. The Balaban J connectivity index is 2.64. The van der Waals surface area contributed by atoms with Crippen LogP contribution in [0.25, 0.3) is 0 Å². The SMILES string of the molecule is N#CC(CBr)Cc1ccc(F)cc1. The Bertz CT molecular complexity index is 302. The Kier molecular flexibility index (Phi) is 3.91. The molecule has 1 aromatic rings. The summed E-state index contributed by atoms with van der Waals surface area (Å²) in [5.41, 5.74) is 0.993. The number of rotatable bonds is 3. The van der Waals surface area contributed by atoms with E-state index in [2.05, 4.69) is 22.0 Å². The number of nitriles is 1. The summed E-state index contributed by atoms with van der Waals surface area (Å²) in [4.78, 5) is 0. The monoisotopic (exact) mass is 241 g/mol. The number of nitrogens with zero attached hydrogens (tertiary/aromatic N) is 1. The maximum absolute atomic E-state index is 12.5. The first-order valence-electron chi connectivity index (χ1n) is 3.96. The average Bonchev–Trinajstić information content (AvgIpc) is 2.17. The highest BCUT2D eigenvalue weighted by Gasteiger charge is 2.06. The third-order valence-electron chi connectivity index (χ3n) is 1.76. The van der Waals surface area contributed by atoms with E-state index in [-0.39, 0.29) is 11.7 Å². The van der Waals surface area contributed by atoms with Gasteiger partial charge in [-0.3, -0.25) is 0 Å². The highest BCUT2D eigenvalue weighted by Crippen LogP contribution is 2.11. The Morgan fingerprint density at radius 2 is 2.00 bits per heavy atom. The third-order valence-corrected chi connectivity index (χ3v) is 2.55. The van der Waals surface area contributed by atoms with Gasteiger partial charge in [-0.15, -0.1) is 0 Å². The van der Waals surface area contributed by atoms with Crippen LogP contribution in [0.2, 0.25) is 0 Å². The van der Waals surface area contributed by atoms with Gasteiger partial charge in [0.2, 0.25) is 0 Å². The van der Waals surface area contributed by atoms with E-state index in [4.69, 9.17) is 5.26 Å². The molecule has 0 radical (unpaired) electrons. The molecule has 0 heterocycles. The summed E-state index contributed by atoms with van der Waals surface area (Å²) in [6.45, 7) is 0. The smallest absolute Gasteiger partial charge is 0.123 e. The predicted molar refractivity (Wildman–Crippen MR) is 53.0 cm³/mol. The largest absolute Gasteiger partial charge is 0.207 e. The molecule has 1 atom stereocenters. The zero-order chi connectivity index (χ0) is 9.68. The topological polar surface area (TPSA) is 23.8 Å². The van der Waals surface area contributed by atoms with Crippen LogP contribution in [0.15, 0.2) is 24.3 Å². The van der Waals surface area contributed by atoms with Crippen LogP contribution >= 0.6 is 15.9 Å². The number of hydrogen-bond donors (Lipinski definition) is 0. The summed E-state index contributed by atoms with van der Waals surface area (Å²) >= 11 is 3.25. The molecule has 0 amide bonds. The first-order valence-corrected chi connectivity index (χ1v) is 5.08. The molecule has 0 bridgehead atoms. The number of hydrogen-bond acceptors (Lipinski definition) is 1. The molecule has 0 aliphatic rings. The predicted octanol–water partition coefficient (Wildman–Crippen LogP) is 2.90. The number of halogens is 2. The Morgan fingerprint density at radius 3 is 2.46 bits per heavy atom. The Labute approximate surface area is 85.3 Å². The maximum atomic E-state index is 12.5. The molecule has 0 aromatic heterocycles. The second-order valence-electron chi connectivity index (χ2n) is 2.81. The van der Waals surface area contributed by atoms with Crippen LogP contribution in [0, 0.1) is 23.1 Å². The van der Waals surface area contributed by atoms with Crippen molar-refractivity contribution in [2.45, 2.75) is 6.42 Å². The lowest BCUT2D eigenvalue weighted by Gasteiger charge is -2.04. The van der Waals surface area contributed by atoms with Crippen molar-refractivity contribution >= 4 is 15.9 Å². The quantitative estimate of drug-likeness (QED) is 0.747. The van der Waals surface area contributed by atoms with Crippen molar-refractivity contribution in [1.29, 1.82) is 5.26 Å². The average molecular weight is 242 g/mol. The van der Waals surface area contributed by atoms with Gasteiger partial charge < -0.3 is 0 Å². The van der Waals surface area contributed by atoms with Crippen LogP contribution in [-0.2, 0) is 6.42 Å². The van der Waals surface area contributed by atoms with Gasteiger partial charge in [0.25, 0.3) is 0 Å². The van der Waals surface area contributed by atoms with E-state index in [1.54, 1.807) is 12.1 Å². The Hall–Kier alpha value is -0.880. The van der Waals surface area contributed by atoms with Gasteiger partial charge in [0.05, 0.1) is 12.0 Å². The zero-order valence-electron chi connectivity index (χ0n) is 7.00. The molecule has 0 N–H and O–H groups in total. The molecule has 13 heavy (non-hydrogen) atoms. The van der Waals surface area contributed by atoms with Gasteiger partial charge in [-0.2, -0.15) is 5.26 Å². The number of alkyl halides is 1. The molecule has 0 aliphatic carbocycles. The molecule has 0 saturated carbocycles. The molecule has 0 fully saturated rings. The lowest BCUT2D eigenvalue weighted by atomic mass is 10.0. The molecule has 1 rings (SSSR count). The number of benzene rings is 1. The summed E-state index contributed by atoms with van der Waals surface area (Å²) in [5, 5.41) is 9.34. The molecule has 1 nitrogen and oxygen atoms in total. The van der Waals surface area contributed by atoms with Crippen molar-refractivity contribution in [2.24, 2.45) is 5.92 Å². The first-order chi connectivity index (χ1) is 6.26. The van der Waals surface area contributed by atoms with Gasteiger partial charge in [0.15, 0.2) is 0 Å². The van der Waals surface area contributed by atoms with Crippen molar-refractivity contribution in [2.75, 3.05) is 5.33 Å². The van der Waals surface area contributed by atoms with E-state index in [0.717, 1.165) is 5.56 Å². The Morgan fingerprint density at radius 1 is 1.38 bits per heavy atom. The van der Waals surface area contributed by atoms with Crippen LogP contribution in [0.5, 0.6) is 0 Å². The fourth-order valence-corrected chi connectivity index (χ4v) is 1.41. The van der Waals surface area contributed by atoms with E-state index >= 15 is 0 Å². The van der Waals surface area contributed by atoms with Gasteiger partial charge in [-0.05, 0) is 24.1 Å². The lowest BCUT2D eigenvalue weighted by Crippen LogP contribution is -2.02. The second kappa shape index (κ2) is 4.98. The van der Waals surface area contributed by atoms with Gasteiger partial charge in [0.1, 0.15) is 5.82 Å². The zero-order valence-corrected chi connectivity index (χ0v) is 8.59. The van der Waals surface area contributed by atoms with Gasteiger partial charge in [-0.25, -0.2) is 4.39 Å². The van der Waals surface area contributed by atoms with E-state index in [1.807, 2.05) is 0 Å². The van der Waals surface area contributed by atoms with Crippen molar-refractivity contribution < 1.29 is 4.39 Å². The van der Waals surface area contributed by atoms with E-state index < -0.39 is 0 Å². The molecule has 1 unspecified atom stereocenters. The molecule has 68 valence electrons. The highest BCUT2D eigenvalue weighted by atomic mass is 79.9. The van der Waals surface area contributed by atoms with Crippen LogP contribution in [0.1, 0.15) is 5.56 Å². The van der Waals surface area contributed by atoms with E-state index in [9.17, 15) is 4.39 Å². The molecule has 0 spiro atoms. The van der Waals surface area contributed by atoms with Crippen LogP contribution in [-0.4, -0.2) is 5.33 Å². The summed E-state index contributed by atoms with van der Waals surface area (Å²) in [6.07, 6.45) is 0.669. The summed E-state index contributed by atoms with van der Waals surface area (Å²) in [7, 11) is 0. The van der Waals surface area contributed by atoms with Gasteiger partial charge >= 0.3 is 0 Å². The molecule has 0 aliphatic heterocycles. The molecular weight excluding hydrogens is 233 g/mol. The summed E-state index contributed by atoms with van der Waals surface area (Å²) < 4.78 is 12.5. The minimum absolute atomic E-state index is 0.0366. The molecular formula is C10H9BrFN. The van der Waals surface area contributed by atoms with Gasteiger partial charge in [0, 0.05) is 5.33 Å². The van der Waals surface area contributed by atoms with E-state index in [1.165, 1.54) is 12.1 Å². The molecule has 1 aromatic carbocycles. The minimum Gasteiger partial charge on any atom is -0.207 e. The van der Waals surface area contributed by atoms with Crippen molar-refractivity contribution in [3.8, 4) is 6.07 Å². The normalized spacial score (nSPS) is 12.1. The van der Waals surface area contributed by atoms with Crippen molar-refractivity contribution in [3.63, 3.8) is 0 Å². The second-order valence-corrected chi connectivity index (χ2v) is 3.46. The fraction of sp³-hybridized carbons (Fsp3) is 0.300. The molecule has 0 saturated heterocycles. The summed E-state index contributed by atoms with van der Waals surface area (Å²) in [6, 6.07) is 8.42. The van der Waals surface area contributed by atoms with Crippen molar-refractivity contribution in [3.05, 3.63) is 35.6 Å². The van der Waals surface area contributed by atoms with Crippen LogP contribution in [0.4, 0.5) is 4.39 Å². The fourth-order valence-electron chi connectivity index (χ4n) is 1.04. The lowest BCUT2D eigenvalue weighted by molar-refractivity contribution is 0.626. The standard InChI is InChI=1S/C10H9BrFN/c11-6-9(7-13)5-8-1-3-10(12)4-2-8/h1-4,9H,5-6H2. The van der Waals surface area contributed by atoms with Crippen molar-refractivity contribution in [1.82, 2.24) is 0 Å². The van der Waals surface area contributed by atoms with E-state index in [0.29, 0.717) is 11.8 Å². The van der Waals surface area contributed by atoms with Crippen LogP contribution < -0.4 is 0 Å². The van der Waals surface area contributed by atoms with Gasteiger partial charge in [-0.1, -0.05) is 28.1 Å². The molecule has 3 heteroatoms. The van der Waals surface area contributed by atoms with Crippen LogP contribution in [0.3, 0.4) is 0 Å². The summed E-state index contributed by atoms with van der Waals surface area (Å²) in [5.74, 6) is -0.276. The minimum atomic E-state index is -0.240. The maximum Gasteiger partial charge on any atom is 0.123 e. The highest BCUT2D eigenvalue weighted by molar-refractivity contribution is 9.09.